The van der Waals surface area contributed by atoms with Crippen LogP contribution < -0.4 is 4.74 Å². The second kappa shape index (κ2) is 8.89. The third-order valence-electron chi connectivity index (χ3n) is 4.41. The van der Waals surface area contributed by atoms with Gasteiger partial charge in [0.05, 0.1) is 12.5 Å². The molecule has 1 aliphatic heterocycles. The first-order chi connectivity index (χ1) is 12.3. The van der Waals surface area contributed by atoms with Crippen LogP contribution in [0.5, 0.6) is 5.75 Å². The number of likely N-dealkylation sites (tertiary alicyclic amines) is 1. The molecule has 1 heterocycles. The number of benzene rings is 1. The summed E-state index contributed by atoms with van der Waals surface area (Å²) in [6.07, 6.45) is 1.22. The number of piperidine rings is 1. The minimum Gasteiger partial charge on any atom is -0.484 e. The van der Waals surface area contributed by atoms with Gasteiger partial charge in [0.1, 0.15) is 5.75 Å². The van der Waals surface area contributed by atoms with Gasteiger partial charge in [-0.1, -0.05) is 11.6 Å². The van der Waals surface area contributed by atoms with E-state index in [0.29, 0.717) is 30.2 Å². The Morgan fingerprint density at radius 3 is 2.77 bits per heavy atom. The summed E-state index contributed by atoms with van der Waals surface area (Å²) in [7, 11) is 1.52. The summed E-state index contributed by atoms with van der Waals surface area (Å²) in [5.74, 6) is -1.49. The summed E-state index contributed by atoms with van der Waals surface area (Å²) in [5.41, 5.74) is 0.846. The highest BCUT2D eigenvalue weighted by molar-refractivity contribution is 6.31. The highest BCUT2D eigenvalue weighted by Gasteiger charge is 2.29. The van der Waals surface area contributed by atoms with Crippen molar-refractivity contribution in [1.29, 1.82) is 0 Å². The van der Waals surface area contributed by atoms with Crippen LogP contribution in [-0.2, 0) is 14.4 Å². The SMILES string of the molecule is Cc1cc(OCC(=O)N(C)CC(=O)N2CCCC(C(=O)O)C2)ccc1Cl. The highest BCUT2D eigenvalue weighted by atomic mass is 35.5. The van der Waals surface area contributed by atoms with Gasteiger partial charge in [-0.15, -0.1) is 0 Å². The van der Waals surface area contributed by atoms with Crippen molar-refractivity contribution in [2.24, 2.45) is 5.92 Å². The molecule has 0 bridgehead atoms. The van der Waals surface area contributed by atoms with Crippen LogP contribution in [0.15, 0.2) is 18.2 Å². The van der Waals surface area contributed by atoms with Gasteiger partial charge in [-0.05, 0) is 43.5 Å². The Kier molecular flexibility index (Phi) is 6.85. The normalized spacial score (nSPS) is 16.9. The van der Waals surface area contributed by atoms with Crippen LogP contribution in [0.2, 0.25) is 5.02 Å². The first kappa shape index (κ1) is 20.0. The molecular weight excluding hydrogens is 360 g/mol. The van der Waals surface area contributed by atoms with Crippen LogP contribution in [0, 0.1) is 12.8 Å². The van der Waals surface area contributed by atoms with Gasteiger partial charge in [-0.25, -0.2) is 0 Å². The van der Waals surface area contributed by atoms with Crippen molar-refractivity contribution < 1.29 is 24.2 Å². The standard InChI is InChI=1S/C18H23ClN2O5/c1-12-8-14(5-6-15(12)19)26-11-17(23)20(2)10-16(22)21-7-3-4-13(9-21)18(24)25/h5-6,8,13H,3-4,7,9-11H2,1-2H3,(H,24,25). The van der Waals surface area contributed by atoms with E-state index in [0.717, 1.165) is 5.56 Å². The molecule has 1 N–H and O–H groups in total. The monoisotopic (exact) mass is 382 g/mol. The van der Waals surface area contributed by atoms with Crippen molar-refractivity contribution in [2.45, 2.75) is 19.8 Å². The fraction of sp³-hybridized carbons (Fsp3) is 0.500. The molecule has 2 amide bonds. The largest absolute Gasteiger partial charge is 0.484 e. The number of ether oxygens (including phenoxy) is 1. The number of likely N-dealkylation sites (N-methyl/N-ethyl adjacent to an activating group) is 1. The predicted octanol–water partition coefficient (Wildman–Crippen LogP) is 1.81. The van der Waals surface area contributed by atoms with Crippen LogP contribution in [-0.4, -0.2) is 66.0 Å². The van der Waals surface area contributed by atoms with Crippen molar-refractivity contribution in [3.8, 4) is 5.75 Å². The minimum absolute atomic E-state index is 0.103. The average molecular weight is 383 g/mol. The van der Waals surface area contributed by atoms with Crippen LogP contribution >= 0.6 is 11.6 Å². The average Bonchev–Trinajstić information content (AvgIpc) is 2.62. The number of carboxylic acid groups (broad SMARTS) is 1. The highest BCUT2D eigenvalue weighted by Crippen LogP contribution is 2.21. The number of amides is 2. The molecule has 2 rings (SSSR count). The summed E-state index contributed by atoms with van der Waals surface area (Å²) in [6, 6.07) is 5.10. The van der Waals surface area contributed by atoms with Crippen molar-refractivity contribution >= 4 is 29.4 Å². The fourth-order valence-electron chi connectivity index (χ4n) is 2.76. The lowest BCUT2D eigenvalue weighted by atomic mass is 9.98. The first-order valence-corrected chi connectivity index (χ1v) is 8.79. The number of nitrogens with zero attached hydrogens (tertiary/aromatic N) is 2. The van der Waals surface area contributed by atoms with E-state index < -0.39 is 11.9 Å². The molecular formula is C18H23ClN2O5. The number of hydrogen-bond acceptors (Lipinski definition) is 4. The molecule has 142 valence electrons. The zero-order valence-corrected chi connectivity index (χ0v) is 15.7. The summed E-state index contributed by atoms with van der Waals surface area (Å²) >= 11 is 5.95. The van der Waals surface area contributed by atoms with Gasteiger partial charge >= 0.3 is 5.97 Å². The molecule has 26 heavy (non-hydrogen) atoms. The number of carbonyl (C=O) groups excluding carboxylic acids is 2. The Bertz CT molecular complexity index is 694. The van der Waals surface area contributed by atoms with Crippen molar-refractivity contribution in [2.75, 3.05) is 33.3 Å². The van der Waals surface area contributed by atoms with Gasteiger partial charge in [-0.3, -0.25) is 14.4 Å². The lowest BCUT2D eigenvalue weighted by molar-refractivity contribution is -0.147. The number of halogens is 1. The lowest BCUT2D eigenvalue weighted by Gasteiger charge is -2.32. The van der Waals surface area contributed by atoms with E-state index in [-0.39, 0.29) is 31.5 Å². The third-order valence-corrected chi connectivity index (χ3v) is 4.84. The smallest absolute Gasteiger partial charge is 0.308 e. The second-order valence-electron chi connectivity index (χ2n) is 6.47. The number of carboxylic acids is 1. The number of hydrogen-bond donors (Lipinski definition) is 1. The molecule has 7 nitrogen and oxygen atoms in total. The zero-order chi connectivity index (χ0) is 19.3. The quantitative estimate of drug-likeness (QED) is 0.810. The Hall–Kier alpha value is -2.28. The summed E-state index contributed by atoms with van der Waals surface area (Å²) in [5, 5.41) is 9.71. The Morgan fingerprint density at radius 1 is 1.38 bits per heavy atom. The van der Waals surface area contributed by atoms with E-state index in [9.17, 15) is 14.4 Å². The van der Waals surface area contributed by atoms with E-state index in [1.165, 1.54) is 16.8 Å². The zero-order valence-electron chi connectivity index (χ0n) is 14.9. The van der Waals surface area contributed by atoms with Gasteiger partial charge in [-0.2, -0.15) is 0 Å². The maximum atomic E-state index is 12.3. The topological polar surface area (TPSA) is 87.2 Å². The molecule has 1 fully saturated rings. The molecule has 0 radical (unpaired) electrons. The third kappa shape index (κ3) is 5.36. The van der Waals surface area contributed by atoms with Crippen molar-refractivity contribution in [1.82, 2.24) is 9.80 Å². The Balaban J connectivity index is 1.83. The van der Waals surface area contributed by atoms with Crippen molar-refractivity contribution in [3.63, 3.8) is 0 Å². The first-order valence-electron chi connectivity index (χ1n) is 8.41. The molecule has 1 unspecified atom stereocenters. The maximum Gasteiger partial charge on any atom is 0.308 e. The second-order valence-corrected chi connectivity index (χ2v) is 6.87. The van der Waals surface area contributed by atoms with E-state index in [1.807, 2.05) is 6.92 Å². The summed E-state index contributed by atoms with van der Waals surface area (Å²) < 4.78 is 5.45. The van der Waals surface area contributed by atoms with E-state index in [2.05, 4.69) is 0 Å². The number of carbonyl (C=O) groups is 3. The maximum absolute atomic E-state index is 12.3. The summed E-state index contributed by atoms with van der Waals surface area (Å²) in [6.45, 7) is 2.25. The molecule has 1 aliphatic rings. The van der Waals surface area contributed by atoms with Gasteiger partial charge in [0.25, 0.3) is 5.91 Å². The van der Waals surface area contributed by atoms with Crippen LogP contribution in [0.1, 0.15) is 18.4 Å². The number of aliphatic carboxylic acids is 1. The molecule has 1 saturated heterocycles. The molecule has 8 heteroatoms. The number of rotatable bonds is 6. The Morgan fingerprint density at radius 2 is 2.12 bits per heavy atom. The van der Waals surface area contributed by atoms with Gasteiger partial charge in [0, 0.05) is 25.2 Å². The fourth-order valence-corrected chi connectivity index (χ4v) is 2.88. The molecule has 0 aromatic heterocycles. The van der Waals surface area contributed by atoms with Gasteiger partial charge < -0.3 is 19.6 Å². The van der Waals surface area contributed by atoms with Crippen LogP contribution in [0.3, 0.4) is 0 Å². The van der Waals surface area contributed by atoms with Gasteiger partial charge in [0.15, 0.2) is 6.61 Å². The van der Waals surface area contributed by atoms with Crippen LogP contribution in [0.25, 0.3) is 0 Å². The van der Waals surface area contributed by atoms with Crippen molar-refractivity contribution in [3.05, 3.63) is 28.8 Å². The molecule has 1 aromatic carbocycles. The lowest BCUT2D eigenvalue weighted by Crippen LogP contribution is -2.47. The molecule has 0 saturated carbocycles. The summed E-state index contributed by atoms with van der Waals surface area (Å²) in [4.78, 5) is 38.4. The molecule has 1 aromatic rings. The minimum atomic E-state index is -0.890. The molecule has 1 atom stereocenters. The van der Waals surface area contributed by atoms with Gasteiger partial charge in [0.2, 0.25) is 5.91 Å². The number of aryl methyl sites for hydroxylation is 1. The van der Waals surface area contributed by atoms with E-state index in [4.69, 9.17) is 21.4 Å². The Labute approximate surface area is 157 Å². The van der Waals surface area contributed by atoms with E-state index >= 15 is 0 Å². The molecule has 0 aliphatic carbocycles. The van der Waals surface area contributed by atoms with Crippen LogP contribution in [0.4, 0.5) is 0 Å². The molecule has 0 spiro atoms. The predicted molar refractivity (Wildman–Crippen MR) is 96.3 cm³/mol. The van der Waals surface area contributed by atoms with E-state index in [1.54, 1.807) is 18.2 Å².